The first-order valence-corrected chi connectivity index (χ1v) is 5.89. The minimum atomic E-state index is 0.185. The minimum absolute atomic E-state index is 0.185. The Kier molecular flexibility index (Phi) is 4.34. The molecule has 2 N–H and O–H groups in total. The van der Waals surface area contributed by atoms with Crippen LogP contribution in [0.4, 0.5) is 0 Å². The summed E-state index contributed by atoms with van der Waals surface area (Å²) in [7, 11) is 0. The molecule has 0 saturated heterocycles. The van der Waals surface area contributed by atoms with Crippen LogP contribution in [0.5, 0.6) is 0 Å². The van der Waals surface area contributed by atoms with Gasteiger partial charge in [0.05, 0.1) is 0 Å². The molecule has 1 heteroatoms. The molecule has 84 valence electrons. The fraction of sp³-hybridized carbons (Fsp3) is 0.571. The second kappa shape index (κ2) is 5.32. The van der Waals surface area contributed by atoms with Crippen LogP contribution in [0.3, 0.4) is 0 Å². The molecule has 0 radical (unpaired) electrons. The predicted molar refractivity (Wildman–Crippen MR) is 66.9 cm³/mol. The molecule has 0 amide bonds. The molecular weight excluding hydrogens is 182 g/mol. The van der Waals surface area contributed by atoms with Crippen LogP contribution in [0.15, 0.2) is 18.2 Å². The van der Waals surface area contributed by atoms with Gasteiger partial charge in [-0.1, -0.05) is 44.0 Å². The van der Waals surface area contributed by atoms with E-state index in [4.69, 9.17) is 5.73 Å². The predicted octanol–water partition coefficient (Wildman–Crippen LogP) is 3.74. The Bertz CT molecular complexity index is 317. The van der Waals surface area contributed by atoms with Crippen molar-refractivity contribution in [2.45, 2.75) is 46.6 Å². The van der Waals surface area contributed by atoms with E-state index in [9.17, 15) is 0 Å². The maximum atomic E-state index is 6.29. The lowest BCUT2D eigenvalue weighted by Crippen LogP contribution is -2.20. The van der Waals surface area contributed by atoms with Crippen molar-refractivity contribution in [2.75, 3.05) is 0 Å². The Morgan fingerprint density at radius 3 is 2.53 bits per heavy atom. The Morgan fingerprint density at radius 1 is 1.27 bits per heavy atom. The monoisotopic (exact) mass is 205 g/mol. The molecule has 1 rings (SSSR count). The molecule has 0 spiro atoms. The minimum Gasteiger partial charge on any atom is -0.324 e. The molecule has 1 nitrogen and oxygen atoms in total. The number of benzene rings is 1. The summed E-state index contributed by atoms with van der Waals surface area (Å²) in [5.41, 5.74) is 10.2. The average Bonchev–Trinajstić information content (AvgIpc) is 2.21. The summed E-state index contributed by atoms with van der Waals surface area (Å²) in [6.07, 6.45) is 2.41. The van der Waals surface area contributed by atoms with E-state index >= 15 is 0 Å². The SMILES string of the molecule is CCCC(C)C(N)c1cc(C)ccc1C. The molecular formula is C14H23N. The zero-order chi connectivity index (χ0) is 11.4. The summed E-state index contributed by atoms with van der Waals surface area (Å²) < 4.78 is 0. The van der Waals surface area contributed by atoms with Crippen molar-refractivity contribution >= 4 is 0 Å². The fourth-order valence-electron chi connectivity index (χ4n) is 2.06. The van der Waals surface area contributed by atoms with Gasteiger partial charge in [-0.25, -0.2) is 0 Å². The van der Waals surface area contributed by atoms with Crippen LogP contribution < -0.4 is 5.73 Å². The summed E-state index contributed by atoms with van der Waals surface area (Å²) in [5, 5.41) is 0. The van der Waals surface area contributed by atoms with Gasteiger partial charge in [0.2, 0.25) is 0 Å². The van der Waals surface area contributed by atoms with Gasteiger partial charge in [-0.2, -0.15) is 0 Å². The summed E-state index contributed by atoms with van der Waals surface area (Å²) in [6, 6.07) is 6.73. The molecule has 15 heavy (non-hydrogen) atoms. The van der Waals surface area contributed by atoms with E-state index < -0.39 is 0 Å². The maximum Gasteiger partial charge on any atom is 0.0323 e. The lowest BCUT2D eigenvalue weighted by atomic mass is 9.88. The molecule has 0 saturated carbocycles. The van der Waals surface area contributed by atoms with E-state index in [-0.39, 0.29) is 6.04 Å². The zero-order valence-corrected chi connectivity index (χ0v) is 10.4. The number of rotatable bonds is 4. The highest BCUT2D eigenvalue weighted by molar-refractivity contribution is 5.33. The third-order valence-corrected chi connectivity index (χ3v) is 3.15. The van der Waals surface area contributed by atoms with E-state index in [2.05, 4.69) is 45.9 Å². The second-order valence-corrected chi connectivity index (χ2v) is 4.65. The van der Waals surface area contributed by atoms with Crippen molar-refractivity contribution in [3.8, 4) is 0 Å². The third-order valence-electron chi connectivity index (χ3n) is 3.15. The van der Waals surface area contributed by atoms with Crippen LogP contribution in [-0.2, 0) is 0 Å². The molecule has 2 atom stereocenters. The van der Waals surface area contributed by atoms with Crippen LogP contribution in [0.25, 0.3) is 0 Å². The van der Waals surface area contributed by atoms with Gasteiger partial charge in [-0.3, -0.25) is 0 Å². The van der Waals surface area contributed by atoms with Crippen LogP contribution in [0, 0.1) is 19.8 Å². The highest BCUT2D eigenvalue weighted by atomic mass is 14.6. The summed E-state index contributed by atoms with van der Waals surface area (Å²) in [4.78, 5) is 0. The zero-order valence-electron chi connectivity index (χ0n) is 10.4. The first-order valence-electron chi connectivity index (χ1n) is 5.89. The van der Waals surface area contributed by atoms with Crippen molar-refractivity contribution in [1.82, 2.24) is 0 Å². The van der Waals surface area contributed by atoms with Crippen LogP contribution in [0.1, 0.15) is 49.4 Å². The van der Waals surface area contributed by atoms with E-state index in [1.165, 1.54) is 29.5 Å². The highest BCUT2D eigenvalue weighted by Gasteiger charge is 2.15. The van der Waals surface area contributed by atoms with Gasteiger partial charge < -0.3 is 5.73 Å². The largest absolute Gasteiger partial charge is 0.324 e. The summed E-state index contributed by atoms with van der Waals surface area (Å²) in [5.74, 6) is 0.565. The normalized spacial score (nSPS) is 15.0. The standard InChI is InChI=1S/C14H23N/c1-5-6-12(4)14(15)13-9-10(2)7-8-11(13)3/h7-9,12,14H,5-6,15H2,1-4H3. The van der Waals surface area contributed by atoms with Crippen molar-refractivity contribution in [3.63, 3.8) is 0 Å². The molecule has 0 fully saturated rings. The van der Waals surface area contributed by atoms with E-state index in [0.29, 0.717) is 5.92 Å². The second-order valence-electron chi connectivity index (χ2n) is 4.65. The summed E-state index contributed by atoms with van der Waals surface area (Å²) >= 11 is 0. The summed E-state index contributed by atoms with van der Waals surface area (Å²) in [6.45, 7) is 8.73. The molecule has 0 bridgehead atoms. The van der Waals surface area contributed by atoms with Crippen LogP contribution >= 0.6 is 0 Å². The molecule has 0 aliphatic rings. The lowest BCUT2D eigenvalue weighted by Gasteiger charge is -2.22. The molecule has 0 aliphatic heterocycles. The molecule has 0 aliphatic carbocycles. The van der Waals surface area contributed by atoms with Gasteiger partial charge in [0.25, 0.3) is 0 Å². The Labute approximate surface area is 93.7 Å². The third kappa shape index (κ3) is 3.07. The van der Waals surface area contributed by atoms with Gasteiger partial charge in [0, 0.05) is 6.04 Å². The van der Waals surface area contributed by atoms with E-state index in [1.807, 2.05) is 0 Å². The fourth-order valence-corrected chi connectivity index (χ4v) is 2.06. The van der Waals surface area contributed by atoms with Crippen LogP contribution in [0.2, 0.25) is 0 Å². The van der Waals surface area contributed by atoms with Crippen molar-refractivity contribution in [3.05, 3.63) is 34.9 Å². The van der Waals surface area contributed by atoms with Crippen molar-refractivity contribution in [2.24, 2.45) is 11.7 Å². The molecule has 2 unspecified atom stereocenters. The van der Waals surface area contributed by atoms with Gasteiger partial charge in [-0.15, -0.1) is 0 Å². The van der Waals surface area contributed by atoms with Gasteiger partial charge in [0.1, 0.15) is 0 Å². The highest BCUT2D eigenvalue weighted by Crippen LogP contribution is 2.26. The Morgan fingerprint density at radius 2 is 1.93 bits per heavy atom. The van der Waals surface area contributed by atoms with Gasteiger partial charge in [-0.05, 0) is 37.3 Å². The quantitative estimate of drug-likeness (QED) is 0.796. The number of hydrogen-bond donors (Lipinski definition) is 1. The topological polar surface area (TPSA) is 26.0 Å². The molecule has 0 aromatic heterocycles. The number of nitrogens with two attached hydrogens (primary N) is 1. The van der Waals surface area contributed by atoms with Crippen molar-refractivity contribution < 1.29 is 0 Å². The van der Waals surface area contributed by atoms with E-state index in [1.54, 1.807) is 0 Å². The molecule has 1 aromatic rings. The van der Waals surface area contributed by atoms with Crippen LogP contribution in [-0.4, -0.2) is 0 Å². The maximum absolute atomic E-state index is 6.29. The van der Waals surface area contributed by atoms with Gasteiger partial charge >= 0.3 is 0 Å². The first kappa shape index (κ1) is 12.3. The smallest absolute Gasteiger partial charge is 0.0323 e. The van der Waals surface area contributed by atoms with E-state index in [0.717, 1.165) is 0 Å². The Balaban J connectivity index is 2.89. The number of hydrogen-bond acceptors (Lipinski definition) is 1. The first-order chi connectivity index (χ1) is 7.06. The number of aryl methyl sites for hydroxylation is 2. The Hall–Kier alpha value is -0.820. The lowest BCUT2D eigenvalue weighted by molar-refractivity contribution is 0.432. The molecule has 1 aromatic carbocycles. The molecule has 0 heterocycles. The average molecular weight is 205 g/mol. The van der Waals surface area contributed by atoms with Gasteiger partial charge in [0.15, 0.2) is 0 Å². The van der Waals surface area contributed by atoms with Crippen molar-refractivity contribution in [1.29, 1.82) is 0 Å².